The van der Waals surface area contributed by atoms with Crippen LogP contribution in [0.15, 0.2) is 6.20 Å². The van der Waals surface area contributed by atoms with Crippen LogP contribution >= 0.6 is 11.8 Å². The van der Waals surface area contributed by atoms with Crippen LogP contribution in [0, 0.1) is 0 Å². The van der Waals surface area contributed by atoms with Crippen molar-refractivity contribution in [3.63, 3.8) is 0 Å². The van der Waals surface area contributed by atoms with Gasteiger partial charge in [0.05, 0.1) is 5.69 Å². The fourth-order valence-electron chi connectivity index (χ4n) is 1.66. The minimum Gasteiger partial charge on any atom is -0.394 e. The summed E-state index contributed by atoms with van der Waals surface area (Å²) in [4.78, 5) is 0. The van der Waals surface area contributed by atoms with Crippen molar-refractivity contribution in [1.29, 1.82) is 0 Å². The number of aryl methyl sites for hydroxylation is 1. The van der Waals surface area contributed by atoms with Gasteiger partial charge < -0.3 is 11.1 Å². The Labute approximate surface area is 88.2 Å². The molecule has 5 heteroatoms. The fraction of sp³-hybridized carbons (Fsp3) is 0.667. The van der Waals surface area contributed by atoms with Crippen LogP contribution in [0.25, 0.3) is 0 Å². The molecule has 1 saturated heterocycles. The quantitative estimate of drug-likeness (QED) is 0.793. The van der Waals surface area contributed by atoms with Gasteiger partial charge in [-0.15, -0.1) is 0 Å². The minimum absolute atomic E-state index is 0.732. The molecule has 0 amide bonds. The van der Waals surface area contributed by atoms with Crippen molar-refractivity contribution in [2.75, 3.05) is 23.3 Å². The lowest BCUT2D eigenvalue weighted by molar-refractivity contribution is 0.761. The van der Waals surface area contributed by atoms with E-state index in [4.69, 9.17) is 5.73 Å². The molecule has 0 saturated carbocycles. The maximum atomic E-state index is 5.77. The summed E-state index contributed by atoms with van der Waals surface area (Å²) in [6.07, 6.45) is 4.48. The Morgan fingerprint density at radius 2 is 2.64 bits per heavy atom. The molecule has 1 aliphatic heterocycles. The van der Waals surface area contributed by atoms with Crippen LogP contribution in [0.3, 0.4) is 0 Å². The highest BCUT2D eigenvalue weighted by Crippen LogP contribution is 2.26. The molecular weight excluding hydrogens is 196 g/mol. The summed E-state index contributed by atoms with van der Waals surface area (Å²) >= 11 is 2.04. The second-order valence-electron chi connectivity index (χ2n) is 3.62. The number of nitrogens with one attached hydrogen (secondary N) is 1. The van der Waals surface area contributed by atoms with Crippen molar-refractivity contribution >= 4 is 23.3 Å². The standard InChI is InChI=1S/C9H16N4S/c1-13-6-8(10)9(12-13)11-5-7-3-2-4-14-7/h6-7H,2-5,10H2,1H3,(H,11,12). The number of hydrogen-bond acceptors (Lipinski definition) is 4. The molecule has 1 fully saturated rings. The molecule has 0 aromatic carbocycles. The van der Waals surface area contributed by atoms with E-state index in [1.807, 2.05) is 25.0 Å². The second-order valence-corrected chi connectivity index (χ2v) is 5.03. The fourth-order valence-corrected chi connectivity index (χ4v) is 2.86. The average molecular weight is 212 g/mol. The predicted molar refractivity (Wildman–Crippen MR) is 61.6 cm³/mol. The van der Waals surface area contributed by atoms with Crippen molar-refractivity contribution in [1.82, 2.24) is 9.78 Å². The normalized spacial score (nSPS) is 21.4. The topological polar surface area (TPSA) is 55.9 Å². The van der Waals surface area contributed by atoms with Gasteiger partial charge in [0.25, 0.3) is 0 Å². The van der Waals surface area contributed by atoms with Crippen LogP contribution < -0.4 is 11.1 Å². The number of anilines is 2. The van der Waals surface area contributed by atoms with Crippen LogP contribution in [-0.4, -0.2) is 27.3 Å². The summed E-state index contributed by atoms with van der Waals surface area (Å²) < 4.78 is 1.74. The molecule has 0 spiro atoms. The molecule has 2 heterocycles. The van der Waals surface area contributed by atoms with Gasteiger partial charge in [-0.2, -0.15) is 16.9 Å². The van der Waals surface area contributed by atoms with Gasteiger partial charge in [0, 0.05) is 25.0 Å². The van der Waals surface area contributed by atoms with E-state index in [0.29, 0.717) is 0 Å². The molecule has 14 heavy (non-hydrogen) atoms. The van der Waals surface area contributed by atoms with Crippen molar-refractivity contribution in [3.8, 4) is 0 Å². The molecule has 3 N–H and O–H groups in total. The molecule has 0 aliphatic carbocycles. The van der Waals surface area contributed by atoms with Gasteiger partial charge in [-0.25, -0.2) is 0 Å². The van der Waals surface area contributed by atoms with E-state index in [-0.39, 0.29) is 0 Å². The van der Waals surface area contributed by atoms with Crippen LogP contribution in [0.5, 0.6) is 0 Å². The molecule has 1 aromatic rings. The third-order valence-electron chi connectivity index (χ3n) is 2.38. The summed E-state index contributed by atoms with van der Waals surface area (Å²) in [5, 5.41) is 8.27. The Kier molecular flexibility index (Phi) is 2.86. The Balaban J connectivity index is 1.87. The van der Waals surface area contributed by atoms with E-state index in [0.717, 1.165) is 23.3 Å². The average Bonchev–Trinajstić information content (AvgIpc) is 2.72. The smallest absolute Gasteiger partial charge is 0.171 e. The van der Waals surface area contributed by atoms with E-state index < -0.39 is 0 Å². The summed E-state index contributed by atoms with van der Waals surface area (Å²) in [6, 6.07) is 0. The minimum atomic E-state index is 0.732. The van der Waals surface area contributed by atoms with Gasteiger partial charge in [-0.05, 0) is 18.6 Å². The number of aromatic nitrogens is 2. The summed E-state index contributed by atoms with van der Waals surface area (Å²) in [5.74, 6) is 2.12. The van der Waals surface area contributed by atoms with Gasteiger partial charge in [0.2, 0.25) is 0 Å². The van der Waals surface area contributed by atoms with Gasteiger partial charge in [0.15, 0.2) is 5.82 Å². The third kappa shape index (κ3) is 2.15. The first-order valence-corrected chi connectivity index (χ1v) is 5.95. The summed E-state index contributed by atoms with van der Waals surface area (Å²) in [5.41, 5.74) is 6.51. The van der Waals surface area contributed by atoms with Gasteiger partial charge in [0.1, 0.15) is 0 Å². The highest BCUT2D eigenvalue weighted by Gasteiger charge is 2.15. The molecule has 2 rings (SSSR count). The lowest BCUT2D eigenvalue weighted by Crippen LogP contribution is -2.14. The first kappa shape index (κ1) is 9.71. The second kappa shape index (κ2) is 4.13. The molecule has 0 radical (unpaired) electrons. The van der Waals surface area contributed by atoms with Gasteiger partial charge in [-0.3, -0.25) is 4.68 Å². The molecule has 1 atom stereocenters. The summed E-state index contributed by atoms with van der Waals surface area (Å²) in [7, 11) is 1.88. The first-order valence-electron chi connectivity index (χ1n) is 4.90. The molecule has 78 valence electrons. The Bertz CT molecular complexity index is 304. The van der Waals surface area contributed by atoms with E-state index in [9.17, 15) is 0 Å². The van der Waals surface area contributed by atoms with Crippen LogP contribution in [0.1, 0.15) is 12.8 Å². The number of rotatable bonds is 3. The number of hydrogen-bond donors (Lipinski definition) is 2. The summed E-state index contributed by atoms with van der Waals surface area (Å²) in [6.45, 7) is 0.978. The highest BCUT2D eigenvalue weighted by molar-refractivity contribution is 8.00. The van der Waals surface area contributed by atoms with E-state index in [1.165, 1.54) is 18.6 Å². The third-order valence-corrected chi connectivity index (χ3v) is 3.78. The van der Waals surface area contributed by atoms with Crippen LogP contribution in [-0.2, 0) is 7.05 Å². The molecule has 1 aromatic heterocycles. The zero-order valence-corrected chi connectivity index (χ0v) is 9.18. The molecule has 1 unspecified atom stereocenters. The maximum absolute atomic E-state index is 5.77. The maximum Gasteiger partial charge on any atom is 0.171 e. The predicted octanol–water partition coefficient (Wildman–Crippen LogP) is 1.31. The lowest BCUT2D eigenvalue weighted by atomic mass is 10.2. The molecule has 0 bridgehead atoms. The SMILES string of the molecule is Cn1cc(N)c(NCC2CCCS2)n1. The van der Waals surface area contributed by atoms with E-state index in [1.54, 1.807) is 4.68 Å². The van der Waals surface area contributed by atoms with Crippen LogP contribution in [0.4, 0.5) is 11.5 Å². The van der Waals surface area contributed by atoms with Crippen molar-refractivity contribution in [2.45, 2.75) is 18.1 Å². The van der Waals surface area contributed by atoms with Crippen molar-refractivity contribution in [2.24, 2.45) is 7.05 Å². The Morgan fingerprint density at radius 3 is 3.21 bits per heavy atom. The van der Waals surface area contributed by atoms with E-state index in [2.05, 4.69) is 10.4 Å². The van der Waals surface area contributed by atoms with E-state index >= 15 is 0 Å². The lowest BCUT2D eigenvalue weighted by Gasteiger charge is -2.09. The number of nitrogens with two attached hydrogens (primary N) is 1. The monoisotopic (exact) mass is 212 g/mol. The largest absolute Gasteiger partial charge is 0.394 e. The molecule has 1 aliphatic rings. The molecular formula is C9H16N4S. The zero-order valence-electron chi connectivity index (χ0n) is 8.36. The number of nitrogens with zero attached hydrogens (tertiary/aromatic N) is 2. The van der Waals surface area contributed by atoms with Crippen molar-refractivity contribution in [3.05, 3.63) is 6.20 Å². The van der Waals surface area contributed by atoms with Crippen molar-refractivity contribution < 1.29 is 0 Å². The van der Waals surface area contributed by atoms with Gasteiger partial charge in [-0.1, -0.05) is 0 Å². The zero-order chi connectivity index (χ0) is 9.97. The first-order chi connectivity index (χ1) is 6.75. The molecule has 4 nitrogen and oxygen atoms in total. The Morgan fingerprint density at radius 1 is 1.79 bits per heavy atom. The Hall–Kier alpha value is -0.840. The van der Waals surface area contributed by atoms with Gasteiger partial charge >= 0.3 is 0 Å². The number of nitrogen functional groups attached to an aromatic ring is 1. The highest BCUT2D eigenvalue weighted by atomic mass is 32.2. The number of thioether (sulfide) groups is 1. The van der Waals surface area contributed by atoms with Crippen LogP contribution in [0.2, 0.25) is 0 Å².